The molecule has 8 nitrogen and oxygen atoms in total. The highest BCUT2D eigenvalue weighted by Crippen LogP contribution is 1.82. The van der Waals surface area contributed by atoms with Crippen molar-refractivity contribution in [3.63, 3.8) is 0 Å². The van der Waals surface area contributed by atoms with E-state index in [0.717, 1.165) is 5.06 Å². The van der Waals surface area contributed by atoms with Gasteiger partial charge in [-0.3, -0.25) is 11.7 Å². The predicted molar refractivity (Wildman–Crippen MR) is 39.9 cm³/mol. The molecule has 0 fully saturated rings. The molecule has 0 unspecified atom stereocenters. The molecule has 0 amide bonds. The lowest BCUT2D eigenvalue weighted by Gasteiger charge is -2.14. The molecule has 0 atom stereocenters. The van der Waals surface area contributed by atoms with Crippen LogP contribution in [-0.4, -0.2) is 37.2 Å². The Bertz CT molecular complexity index is 84.8. The molecular formula is C4H15N5O3. The molecule has 0 heterocycles. The molecule has 74 valence electrons. The minimum absolute atomic E-state index is 0.00870. The molecule has 0 saturated carbocycles. The minimum atomic E-state index is 0.00870. The summed E-state index contributed by atoms with van der Waals surface area (Å²) >= 11 is 0. The van der Waals surface area contributed by atoms with Gasteiger partial charge < -0.3 is 14.7 Å². The van der Waals surface area contributed by atoms with E-state index in [2.05, 4.69) is 10.9 Å². The zero-order chi connectivity index (χ0) is 9.23. The molecular weight excluding hydrogens is 166 g/mol. The summed E-state index contributed by atoms with van der Waals surface area (Å²) in [5, 5.41) is 9.78. The molecule has 0 aromatic carbocycles. The van der Waals surface area contributed by atoms with E-state index < -0.39 is 0 Å². The molecule has 7 N–H and O–H groups in total. The van der Waals surface area contributed by atoms with Crippen molar-refractivity contribution >= 4 is 0 Å². The molecule has 0 aliphatic heterocycles. The van der Waals surface area contributed by atoms with Crippen molar-refractivity contribution in [3.8, 4) is 0 Å². The summed E-state index contributed by atoms with van der Waals surface area (Å²) in [5.41, 5.74) is 4.51. The van der Waals surface area contributed by atoms with Crippen LogP contribution in [0.15, 0.2) is 0 Å². The molecule has 0 rings (SSSR count). The molecule has 0 aliphatic rings. The van der Waals surface area contributed by atoms with Gasteiger partial charge in [0.2, 0.25) is 0 Å². The second kappa shape index (κ2) is 8.77. The number of nitrogens with two attached hydrogens (primary N) is 2. The average Bonchev–Trinajstić information content (AvgIpc) is 2.06. The SMILES string of the molecule is NNCOCN(O)COCNN. The van der Waals surface area contributed by atoms with Crippen LogP contribution in [0.25, 0.3) is 0 Å². The third-order valence-corrected chi connectivity index (χ3v) is 0.851. The molecule has 0 aromatic rings. The van der Waals surface area contributed by atoms with Crippen molar-refractivity contribution in [1.82, 2.24) is 15.9 Å². The Hall–Kier alpha value is -0.320. The predicted octanol–water partition coefficient (Wildman–Crippen LogP) is -2.53. The van der Waals surface area contributed by atoms with Gasteiger partial charge >= 0.3 is 0 Å². The fourth-order valence-corrected chi connectivity index (χ4v) is 0.457. The monoisotopic (exact) mass is 181 g/mol. The van der Waals surface area contributed by atoms with Gasteiger partial charge in [0.05, 0.1) is 0 Å². The van der Waals surface area contributed by atoms with Crippen molar-refractivity contribution in [2.75, 3.05) is 26.9 Å². The third kappa shape index (κ3) is 7.78. The molecule has 0 spiro atoms. The van der Waals surface area contributed by atoms with Gasteiger partial charge in [-0.15, -0.1) is 5.06 Å². The summed E-state index contributed by atoms with van der Waals surface area (Å²) in [7, 11) is 0. The number of ether oxygens (including phenoxy) is 2. The van der Waals surface area contributed by atoms with Crippen LogP contribution in [0, 0.1) is 0 Å². The van der Waals surface area contributed by atoms with E-state index in [9.17, 15) is 0 Å². The standard InChI is InChI=1S/C4H15N5O3/c5-7-1-11-3-9(10)4-12-2-8-6/h7-8,10H,1-6H2. The second-order valence-electron chi connectivity index (χ2n) is 1.87. The normalized spacial score (nSPS) is 11.0. The van der Waals surface area contributed by atoms with Gasteiger partial charge in [-0.25, -0.2) is 10.9 Å². The zero-order valence-electron chi connectivity index (χ0n) is 6.69. The largest absolute Gasteiger partial charge is 0.347 e. The van der Waals surface area contributed by atoms with E-state index >= 15 is 0 Å². The molecule has 0 saturated heterocycles. The lowest BCUT2D eigenvalue weighted by atomic mass is 11.0. The number of rotatable bonds is 8. The Morgan fingerprint density at radius 1 is 1.08 bits per heavy atom. The van der Waals surface area contributed by atoms with Gasteiger partial charge in [-0.1, -0.05) is 0 Å². The van der Waals surface area contributed by atoms with Gasteiger partial charge in [0, 0.05) is 0 Å². The maximum absolute atomic E-state index is 8.95. The van der Waals surface area contributed by atoms with Crippen LogP contribution in [-0.2, 0) is 9.47 Å². The van der Waals surface area contributed by atoms with Crippen molar-refractivity contribution < 1.29 is 14.7 Å². The van der Waals surface area contributed by atoms with Crippen LogP contribution in [0.3, 0.4) is 0 Å². The Kier molecular flexibility index (Phi) is 8.54. The first kappa shape index (κ1) is 11.7. The lowest BCUT2D eigenvalue weighted by Crippen LogP contribution is -2.33. The van der Waals surface area contributed by atoms with Gasteiger partial charge in [0.1, 0.15) is 26.9 Å². The molecule has 8 heteroatoms. The zero-order valence-corrected chi connectivity index (χ0v) is 6.69. The molecule has 0 aromatic heterocycles. The summed E-state index contributed by atoms with van der Waals surface area (Å²) < 4.78 is 9.57. The highest BCUT2D eigenvalue weighted by Gasteiger charge is 1.98. The highest BCUT2D eigenvalue weighted by molar-refractivity contribution is 4.23. The third-order valence-electron chi connectivity index (χ3n) is 0.851. The molecule has 12 heavy (non-hydrogen) atoms. The van der Waals surface area contributed by atoms with Crippen LogP contribution in [0.5, 0.6) is 0 Å². The number of hydroxylamine groups is 2. The van der Waals surface area contributed by atoms with E-state index in [0.29, 0.717) is 0 Å². The number of nitrogens with zero attached hydrogens (tertiary/aromatic N) is 1. The van der Waals surface area contributed by atoms with Crippen LogP contribution >= 0.6 is 0 Å². The fraction of sp³-hybridized carbons (Fsp3) is 1.00. The number of hydrogen-bond donors (Lipinski definition) is 5. The maximum Gasteiger partial charge on any atom is 0.126 e. The van der Waals surface area contributed by atoms with Crippen molar-refractivity contribution in [2.24, 2.45) is 11.7 Å². The fourth-order valence-electron chi connectivity index (χ4n) is 0.457. The first-order valence-electron chi connectivity index (χ1n) is 3.27. The van der Waals surface area contributed by atoms with E-state index in [1.165, 1.54) is 0 Å². The topological polar surface area (TPSA) is 118 Å². The van der Waals surface area contributed by atoms with E-state index in [1.54, 1.807) is 0 Å². The smallest absolute Gasteiger partial charge is 0.126 e. The second-order valence-corrected chi connectivity index (χ2v) is 1.87. The van der Waals surface area contributed by atoms with E-state index in [-0.39, 0.29) is 26.9 Å². The van der Waals surface area contributed by atoms with Crippen molar-refractivity contribution in [3.05, 3.63) is 0 Å². The summed E-state index contributed by atoms with van der Waals surface area (Å²) in [6, 6.07) is 0. The van der Waals surface area contributed by atoms with Gasteiger partial charge in [0.25, 0.3) is 0 Å². The highest BCUT2D eigenvalue weighted by atomic mass is 16.6. The molecule has 0 radical (unpaired) electrons. The van der Waals surface area contributed by atoms with Gasteiger partial charge in [-0.05, 0) is 0 Å². The number of nitrogens with one attached hydrogen (secondary N) is 2. The quantitative estimate of drug-likeness (QED) is 0.120. The van der Waals surface area contributed by atoms with Crippen molar-refractivity contribution in [1.29, 1.82) is 0 Å². The Balaban J connectivity index is 3.04. The molecule has 0 bridgehead atoms. The number of hydrazine groups is 2. The summed E-state index contributed by atoms with van der Waals surface area (Å²) in [5.74, 6) is 9.81. The van der Waals surface area contributed by atoms with Crippen LogP contribution in [0.4, 0.5) is 0 Å². The van der Waals surface area contributed by atoms with E-state index in [1.807, 2.05) is 0 Å². The molecule has 0 aliphatic carbocycles. The van der Waals surface area contributed by atoms with Crippen molar-refractivity contribution in [2.45, 2.75) is 0 Å². The van der Waals surface area contributed by atoms with Crippen LogP contribution in [0.1, 0.15) is 0 Å². The first-order chi connectivity index (χ1) is 5.81. The summed E-state index contributed by atoms with van der Waals surface area (Å²) in [6.07, 6.45) is 0. The van der Waals surface area contributed by atoms with E-state index in [4.69, 9.17) is 26.4 Å². The Morgan fingerprint density at radius 3 is 1.83 bits per heavy atom. The number of hydrogen-bond acceptors (Lipinski definition) is 8. The van der Waals surface area contributed by atoms with Crippen LogP contribution < -0.4 is 22.5 Å². The van der Waals surface area contributed by atoms with Crippen LogP contribution in [0.2, 0.25) is 0 Å². The van der Waals surface area contributed by atoms with Gasteiger partial charge in [0.15, 0.2) is 0 Å². The maximum atomic E-state index is 8.95. The van der Waals surface area contributed by atoms with Gasteiger partial charge in [-0.2, -0.15) is 0 Å². The average molecular weight is 181 g/mol. The summed E-state index contributed by atoms with van der Waals surface area (Å²) in [4.78, 5) is 0. The lowest BCUT2D eigenvalue weighted by molar-refractivity contribution is -0.211. The Labute approximate surface area is 70.3 Å². The first-order valence-corrected chi connectivity index (χ1v) is 3.27. The minimum Gasteiger partial charge on any atom is -0.347 e. The Morgan fingerprint density at radius 2 is 1.50 bits per heavy atom. The summed E-state index contributed by atoms with van der Waals surface area (Å²) in [6.45, 7) is 0.335.